The third-order valence-electron chi connectivity index (χ3n) is 3.17. The largest absolute Gasteiger partial charge is 0.494 e. The van der Waals surface area contributed by atoms with Crippen molar-refractivity contribution in [2.75, 3.05) is 13.2 Å². The minimum atomic E-state index is -0.262. The molecule has 120 valence electrons. The second kappa shape index (κ2) is 8.58. The first kappa shape index (κ1) is 16.5. The van der Waals surface area contributed by atoms with Gasteiger partial charge in [-0.3, -0.25) is 9.59 Å². The first-order chi connectivity index (χ1) is 11.2. The van der Waals surface area contributed by atoms with E-state index in [0.717, 1.165) is 11.3 Å². The maximum atomic E-state index is 11.8. The van der Waals surface area contributed by atoms with Gasteiger partial charge in [-0.15, -0.1) is 0 Å². The number of carbonyl (C=O) groups is 2. The number of carbonyl (C=O) groups excluding carboxylic acids is 2. The lowest BCUT2D eigenvalue weighted by atomic mass is 10.2. The molecule has 2 N–H and O–H groups in total. The molecule has 0 unspecified atom stereocenters. The van der Waals surface area contributed by atoms with Gasteiger partial charge >= 0.3 is 0 Å². The zero-order valence-corrected chi connectivity index (χ0v) is 13.0. The third-order valence-corrected chi connectivity index (χ3v) is 3.17. The maximum Gasteiger partial charge on any atom is 0.251 e. The summed E-state index contributed by atoms with van der Waals surface area (Å²) in [7, 11) is 0. The van der Waals surface area contributed by atoms with Crippen molar-refractivity contribution in [2.45, 2.75) is 13.5 Å². The molecule has 0 saturated carbocycles. The van der Waals surface area contributed by atoms with Gasteiger partial charge in [0.05, 0.1) is 13.2 Å². The van der Waals surface area contributed by atoms with E-state index in [1.165, 1.54) is 0 Å². The van der Waals surface area contributed by atoms with E-state index in [-0.39, 0.29) is 18.4 Å². The molecular weight excluding hydrogens is 292 g/mol. The molecule has 2 aromatic carbocycles. The Morgan fingerprint density at radius 2 is 1.65 bits per heavy atom. The molecule has 0 aromatic heterocycles. The lowest BCUT2D eigenvalue weighted by Crippen LogP contribution is -2.36. The van der Waals surface area contributed by atoms with Crippen LogP contribution >= 0.6 is 0 Å². The van der Waals surface area contributed by atoms with Crippen molar-refractivity contribution in [3.63, 3.8) is 0 Å². The Balaban J connectivity index is 1.73. The molecule has 23 heavy (non-hydrogen) atoms. The van der Waals surface area contributed by atoms with Crippen molar-refractivity contribution in [3.05, 3.63) is 65.7 Å². The van der Waals surface area contributed by atoms with Gasteiger partial charge in [0.25, 0.3) is 5.91 Å². The molecule has 2 amide bonds. The highest BCUT2D eigenvalue weighted by Gasteiger charge is 2.07. The van der Waals surface area contributed by atoms with Crippen LogP contribution in [0.15, 0.2) is 54.6 Å². The summed E-state index contributed by atoms with van der Waals surface area (Å²) in [5.41, 5.74) is 1.50. The number of hydrogen-bond donors (Lipinski definition) is 2. The molecule has 2 aromatic rings. The summed E-state index contributed by atoms with van der Waals surface area (Å²) >= 11 is 0. The van der Waals surface area contributed by atoms with E-state index in [9.17, 15) is 9.59 Å². The number of hydrogen-bond acceptors (Lipinski definition) is 3. The molecule has 0 aliphatic carbocycles. The molecule has 2 rings (SSSR count). The van der Waals surface area contributed by atoms with Gasteiger partial charge in [0.2, 0.25) is 5.91 Å². The Hall–Kier alpha value is -2.82. The number of ether oxygens (including phenoxy) is 1. The SMILES string of the molecule is CCOc1ccc(CNC(=O)CNC(=O)c2ccccc2)cc1. The summed E-state index contributed by atoms with van der Waals surface area (Å²) in [5, 5.41) is 5.35. The minimum Gasteiger partial charge on any atom is -0.494 e. The predicted molar refractivity (Wildman–Crippen MR) is 88.2 cm³/mol. The first-order valence-corrected chi connectivity index (χ1v) is 7.50. The van der Waals surface area contributed by atoms with Crippen molar-refractivity contribution >= 4 is 11.8 Å². The van der Waals surface area contributed by atoms with Gasteiger partial charge in [0.15, 0.2) is 0 Å². The van der Waals surface area contributed by atoms with E-state index in [2.05, 4.69) is 10.6 Å². The lowest BCUT2D eigenvalue weighted by Gasteiger charge is -2.08. The van der Waals surface area contributed by atoms with Gasteiger partial charge in [-0.05, 0) is 36.8 Å². The van der Waals surface area contributed by atoms with Crippen LogP contribution in [-0.4, -0.2) is 25.0 Å². The molecule has 0 radical (unpaired) electrons. The Bertz CT molecular complexity index is 639. The quantitative estimate of drug-likeness (QED) is 0.823. The predicted octanol–water partition coefficient (Wildman–Crippen LogP) is 2.13. The van der Waals surface area contributed by atoms with E-state index >= 15 is 0 Å². The summed E-state index contributed by atoms with van der Waals surface area (Å²) in [5.74, 6) is 0.308. The van der Waals surface area contributed by atoms with Crippen LogP contribution in [0.2, 0.25) is 0 Å². The summed E-state index contributed by atoms with van der Waals surface area (Å²) in [6, 6.07) is 16.3. The summed E-state index contributed by atoms with van der Waals surface area (Å²) in [6.45, 7) is 2.91. The van der Waals surface area contributed by atoms with Gasteiger partial charge < -0.3 is 15.4 Å². The van der Waals surface area contributed by atoms with Gasteiger partial charge in [0, 0.05) is 12.1 Å². The van der Waals surface area contributed by atoms with Crippen LogP contribution in [0.25, 0.3) is 0 Å². The van der Waals surface area contributed by atoms with Gasteiger partial charge in [0.1, 0.15) is 5.75 Å². The van der Waals surface area contributed by atoms with E-state index < -0.39 is 0 Å². The highest BCUT2D eigenvalue weighted by molar-refractivity contribution is 5.96. The Morgan fingerprint density at radius 3 is 2.30 bits per heavy atom. The van der Waals surface area contributed by atoms with Crippen LogP contribution in [0, 0.1) is 0 Å². The zero-order valence-electron chi connectivity index (χ0n) is 13.0. The summed E-state index contributed by atoms with van der Waals surface area (Å²) in [4.78, 5) is 23.6. The fourth-order valence-electron chi connectivity index (χ4n) is 1.99. The average molecular weight is 312 g/mol. The first-order valence-electron chi connectivity index (χ1n) is 7.50. The smallest absolute Gasteiger partial charge is 0.251 e. The topological polar surface area (TPSA) is 67.4 Å². The van der Waals surface area contributed by atoms with Crippen molar-refractivity contribution in [2.24, 2.45) is 0 Å². The van der Waals surface area contributed by atoms with Crippen LogP contribution in [0.1, 0.15) is 22.8 Å². The van der Waals surface area contributed by atoms with Crippen molar-refractivity contribution < 1.29 is 14.3 Å². The Morgan fingerprint density at radius 1 is 0.957 bits per heavy atom. The Labute approximate surface area is 135 Å². The molecule has 0 bridgehead atoms. The minimum absolute atomic E-state index is 0.0508. The van der Waals surface area contributed by atoms with E-state index in [1.54, 1.807) is 24.3 Å². The number of nitrogens with one attached hydrogen (secondary N) is 2. The van der Waals surface area contributed by atoms with E-state index in [4.69, 9.17) is 4.74 Å². The molecule has 0 spiro atoms. The molecule has 0 atom stereocenters. The normalized spacial score (nSPS) is 9.96. The number of amides is 2. The van der Waals surface area contributed by atoms with Crippen LogP contribution in [0.4, 0.5) is 0 Å². The van der Waals surface area contributed by atoms with Gasteiger partial charge in [-0.25, -0.2) is 0 Å². The highest BCUT2D eigenvalue weighted by atomic mass is 16.5. The third kappa shape index (κ3) is 5.47. The number of benzene rings is 2. The van der Waals surface area contributed by atoms with Crippen LogP contribution in [0.3, 0.4) is 0 Å². The van der Waals surface area contributed by atoms with Crippen LogP contribution < -0.4 is 15.4 Å². The zero-order chi connectivity index (χ0) is 16.5. The second-order valence-corrected chi connectivity index (χ2v) is 4.90. The molecular formula is C18H20N2O3. The van der Waals surface area contributed by atoms with Crippen LogP contribution in [0.5, 0.6) is 5.75 Å². The van der Waals surface area contributed by atoms with Crippen molar-refractivity contribution in [3.8, 4) is 5.75 Å². The fourth-order valence-corrected chi connectivity index (χ4v) is 1.99. The highest BCUT2D eigenvalue weighted by Crippen LogP contribution is 2.11. The molecule has 0 heterocycles. The van der Waals surface area contributed by atoms with Gasteiger partial charge in [-0.1, -0.05) is 30.3 Å². The second-order valence-electron chi connectivity index (χ2n) is 4.90. The van der Waals surface area contributed by atoms with Crippen molar-refractivity contribution in [1.82, 2.24) is 10.6 Å². The monoisotopic (exact) mass is 312 g/mol. The molecule has 0 aliphatic heterocycles. The maximum absolute atomic E-state index is 11.8. The van der Waals surface area contributed by atoms with Crippen molar-refractivity contribution in [1.29, 1.82) is 0 Å². The average Bonchev–Trinajstić information content (AvgIpc) is 2.60. The fraction of sp³-hybridized carbons (Fsp3) is 0.222. The molecule has 5 nitrogen and oxygen atoms in total. The molecule has 0 aliphatic rings. The van der Waals surface area contributed by atoms with E-state index in [0.29, 0.717) is 18.7 Å². The molecule has 5 heteroatoms. The summed E-state index contributed by atoms with van der Waals surface area (Å²) < 4.78 is 5.36. The van der Waals surface area contributed by atoms with E-state index in [1.807, 2.05) is 37.3 Å². The molecule has 0 fully saturated rings. The standard InChI is InChI=1S/C18H20N2O3/c1-2-23-16-10-8-14(9-11-16)12-19-17(21)13-20-18(22)15-6-4-3-5-7-15/h3-11H,2,12-13H2,1H3,(H,19,21)(H,20,22). The summed E-state index contributed by atoms with van der Waals surface area (Å²) in [6.07, 6.45) is 0. The Kier molecular flexibility index (Phi) is 6.17. The van der Waals surface area contributed by atoms with Crippen LogP contribution in [-0.2, 0) is 11.3 Å². The lowest BCUT2D eigenvalue weighted by molar-refractivity contribution is -0.120. The van der Waals surface area contributed by atoms with Gasteiger partial charge in [-0.2, -0.15) is 0 Å². The number of rotatable bonds is 7. The molecule has 0 saturated heterocycles.